The molecule has 0 saturated heterocycles. The van der Waals surface area contributed by atoms with Crippen LogP contribution in [0.1, 0.15) is 0 Å². The van der Waals surface area contributed by atoms with Crippen LogP contribution >= 0.6 is 0 Å². The summed E-state index contributed by atoms with van der Waals surface area (Å²) in [5.41, 5.74) is 0. The number of rotatable bonds is 1. The monoisotopic (exact) mass is 207 g/mol. The molecule has 3 rings (SSSR count). The summed E-state index contributed by atoms with van der Waals surface area (Å²) in [6.07, 6.45) is 0. The van der Waals surface area contributed by atoms with Crippen molar-refractivity contribution in [2.24, 2.45) is 0 Å². The first kappa shape index (κ1) is 9.22. The lowest BCUT2D eigenvalue weighted by molar-refractivity contribution is 0.415. The third-order valence-electron chi connectivity index (χ3n) is 2.85. The molecule has 0 aliphatic carbocycles. The van der Waals surface area contributed by atoms with Gasteiger partial charge in [0.1, 0.15) is 5.75 Å². The van der Waals surface area contributed by atoms with Crippen molar-refractivity contribution in [2.45, 2.75) is 0 Å². The third-order valence-corrected chi connectivity index (χ3v) is 2.85. The van der Waals surface area contributed by atoms with Crippen LogP contribution < -0.4 is 4.74 Å². The van der Waals surface area contributed by atoms with E-state index in [9.17, 15) is 0 Å². The number of hydrogen-bond donors (Lipinski definition) is 0. The van der Waals surface area contributed by atoms with E-state index in [0.29, 0.717) is 0 Å². The summed E-state index contributed by atoms with van der Waals surface area (Å²) in [5, 5.41) is 4.89. The molecule has 1 heteroatoms. The molecule has 0 fully saturated rings. The van der Waals surface area contributed by atoms with Crippen LogP contribution in [0.5, 0.6) is 5.75 Å². The highest BCUT2D eigenvalue weighted by Gasteiger charge is 1.99. The number of hydrogen-bond acceptors (Lipinski definition) is 1. The minimum atomic E-state index is 0.898. The standard InChI is InChI=1S/C15H11O/c1-16-15-7-6-13-8-11-4-2-3-5-12(11)9-14(13)10-15/h3-10H,1H3. The summed E-state index contributed by atoms with van der Waals surface area (Å²) in [4.78, 5) is 0. The third kappa shape index (κ3) is 1.41. The van der Waals surface area contributed by atoms with E-state index in [-0.39, 0.29) is 0 Å². The van der Waals surface area contributed by atoms with E-state index in [0.717, 1.165) is 5.75 Å². The van der Waals surface area contributed by atoms with Crippen LogP contribution in [0.4, 0.5) is 0 Å². The van der Waals surface area contributed by atoms with Gasteiger partial charge in [-0.05, 0) is 57.9 Å². The van der Waals surface area contributed by atoms with Gasteiger partial charge < -0.3 is 4.74 Å². The molecule has 0 atom stereocenters. The van der Waals surface area contributed by atoms with Gasteiger partial charge in [-0.2, -0.15) is 0 Å². The van der Waals surface area contributed by atoms with Crippen molar-refractivity contribution in [1.82, 2.24) is 0 Å². The number of ether oxygens (including phenoxy) is 1. The molecule has 1 radical (unpaired) electrons. The Balaban J connectivity index is 2.37. The second-order valence-corrected chi connectivity index (χ2v) is 3.84. The summed E-state index contributed by atoms with van der Waals surface area (Å²) in [7, 11) is 1.69. The second-order valence-electron chi connectivity index (χ2n) is 3.84. The Bertz CT molecular complexity index is 656. The van der Waals surface area contributed by atoms with Crippen LogP contribution in [0.3, 0.4) is 0 Å². The highest BCUT2D eigenvalue weighted by molar-refractivity contribution is 5.98. The minimum Gasteiger partial charge on any atom is -0.497 e. The van der Waals surface area contributed by atoms with Crippen LogP contribution in [-0.2, 0) is 0 Å². The fraction of sp³-hybridized carbons (Fsp3) is 0.0667. The van der Waals surface area contributed by atoms with Crippen molar-refractivity contribution >= 4 is 21.5 Å². The van der Waals surface area contributed by atoms with E-state index in [1.165, 1.54) is 21.5 Å². The molecule has 0 bridgehead atoms. The second kappa shape index (κ2) is 3.53. The van der Waals surface area contributed by atoms with Crippen molar-refractivity contribution in [1.29, 1.82) is 0 Å². The van der Waals surface area contributed by atoms with Gasteiger partial charge in [-0.25, -0.2) is 0 Å². The lowest BCUT2D eigenvalue weighted by atomic mass is 10.0. The van der Waals surface area contributed by atoms with E-state index in [2.05, 4.69) is 36.4 Å². The predicted molar refractivity (Wildman–Crippen MR) is 66.8 cm³/mol. The first-order chi connectivity index (χ1) is 7.86. The molecular weight excluding hydrogens is 196 g/mol. The maximum Gasteiger partial charge on any atom is 0.119 e. The number of methoxy groups -OCH3 is 1. The van der Waals surface area contributed by atoms with Crippen LogP contribution in [0.25, 0.3) is 21.5 Å². The maximum atomic E-state index is 5.23. The van der Waals surface area contributed by atoms with E-state index < -0.39 is 0 Å². The first-order valence-corrected chi connectivity index (χ1v) is 5.24. The van der Waals surface area contributed by atoms with E-state index in [4.69, 9.17) is 4.74 Å². The van der Waals surface area contributed by atoms with Gasteiger partial charge in [0, 0.05) is 0 Å². The molecule has 0 aromatic heterocycles. The van der Waals surface area contributed by atoms with Gasteiger partial charge in [-0.3, -0.25) is 0 Å². The fourth-order valence-electron chi connectivity index (χ4n) is 1.98. The average Bonchev–Trinajstić information content (AvgIpc) is 2.35. The highest BCUT2D eigenvalue weighted by atomic mass is 16.5. The smallest absolute Gasteiger partial charge is 0.119 e. The molecule has 0 amide bonds. The van der Waals surface area contributed by atoms with Gasteiger partial charge in [0.2, 0.25) is 0 Å². The Morgan fingerprint density at radius 2 is 1.69 bits per heavy atom. The zero-order valence-electron chi connectivity index (χ0n) is 9.03. The lowest BCUT2D eigenvalue weighted by Crippen LogP contribution is -1.82. The van der Waals surface area contributed by atoms with Crippen LogP contribution in [0.15, 0.2) is 48.5 Å². The van der Waals surface area contributed by atoms with Gasteiger partial charge in [0.05, 0.1) is 7.11 Å². The molecule has 3 aromatic rings. The van der Waals surface area contributed by atoms with Crippen LogP contribution in [0, 0.1) is 6.07 Å². The average molecular weight is 207 g/mol. The van der Waals surface area contributed by atoms with Crippen molar-refractivity contribution in [3.05, 3.63) is 54.6 Å². The van der Waals surface area contributed by atoms with Crippen molar-refractivity contribution in [3.63, 3.8) is 0 Å². The summed E-state index contributed by atoms with van der Waals surface area (Å²) >= 11 is 0. The molecule has 0 aliphatic rings. The Labute approximate surface area is 94.3 Å². The van der Waals surface area contributed by atoms with Gasteiger partial charge >= 0.3 is 0 Å². The lowest BCUT2D eigenvalue weighted by Gasteiger charge is -2.04. The quantitative estimate of drug-likeness (QED) is 0.551. The Morgan fingerprint density at radius 1 is 0.875 bits per heavy atom. The Hall–Kier alpha value is -2.02. The topological polar surface area (TPSA) is 9.23 Å². The SMILES string of the molecule is COc1ccc2cc3c[c]ccc3cc2c1. The number of benzene rings is 3. The van der Waals surface area contributed by atoms with E-state index in [1.807, 2.05) is 18.2 Å². The van der Waals surface area contributed by atoms with Crippen LogP contribution in [0.2, 0.25) is 0 Å². The molecular formula is C15H11O. The van der Waals surface area contributed by atoms with Crippen LogP contribution in [-0.4, -0.2) is 7.11 Å². The maximum absolute atomic E-state index is 5.23. The Morgan fingerprint density at radius 3 is 2.56 bits per heavy atom. The molecule has 0 N–H and O–H groups in total. The molecule has 77 valence electrons. The van der Waals surface area contributed by atoms with Gasteiger partial charge in [0.15, 0.2) is 0 Å². The largest absolute Gasteiger partial charge is 0.497 e. The molecule has 1 nitrogen and oxygen atoms in total. The zero-order chi connectivity index (χ0) is 11.0. The van der Waals surface area contributed by atoms with Gasteiger partial charge in [-0.15, -0.1) is 0 Å². The summed E-state index contributed by atoms with van der Waals surface area (Å²) < 4.78 is 5.23. The predicted octanol–water partition coefficient (Wildman–Crippen LogP) is 3.80. The zero-order valence-corrected chi connectivity index (χ0v) is 9.03. The molecule has 0 heterocycles. The summed E-state index contributed by atoms with van der Waals surface area (Å²) in [6.45, 7) is 0. The molecule has 3 aromatic carbocycles. The van der Waals surface area contributed by atoms with Gasteiger partial charge in [-0.1, -0.05) is 18.2 Å². The fourth-order valence-corrected chi connectivity index (χ4v) is 1.98. The van der Waals surface area contributed by atoms with Crippen molar-refractivity contribution < 1.29 is 4.74 Å². The highest BCUT2D eigenvalue weighted by Crippen LogP contribution is 2.25. The molecule has 0 spiro atoms. The molecule has 16 heavy (non-hydrogen) atoms. The molecule has 0 saturated carbocycles. The van der Waals surface area contributed by atoms with E-state index in [1.54, 1.807) is 7.11 Å². The van der Waals surface area contributed by atoms with Crippen molar-refractivity contribution in [2.75, 3.05) is 7.11 Å². The van der Waals surface area contributed by atoms with Crippen molar-refractivity contribution in [3.8, 4) is 5.75 Å². The number of fused-ring (bicyclic) bond motifs is 2. The summed E-state index contributed by atoms with van der Waals surface area (Å²) in [5.74, 6) is 0.898. The normalized spacial score (nSPS) is 10.8. The molecule has 0 unspecified atom stereocenters. The summed E-state index contributed by atoms with van der Waals surface area (Å²) in [6, 6.07) is 19.6. The van der Waals surface area contributed by atoms with Gasteiger partial charge in [0.25, 0.3) is 0 Å². The minimum absolute atomic E-state index is 0.898. The Kier molecular flexibility index (Phi) is 2.03. The first-order valence-electron chi connectivity index (χ1n) is 5.24. The van der Waals surface area contributed by atoms with E-state index >= 15 is 0 Å². The molecule has 0 aliphatic heterocycles.